The first-order valence-corrected chi connectivity index (χ1v) is 3.96. The van der Waals surface area contributed by atoms with Crippen LogP contribution in [0, 0.1) is 11.6 Å². The molecule has 7 heteroatoms. The van der Waals surface area contributed by atoms with Crippen LogP contribution in [0.25, 0.3) is 0 Å². The van der Waals surface area contributed by atoms with Gasteiger partial charge in [0.1, 0.15) is 22.9 Å². The summed E-state index contributed by atoms with van der Waals surface area (Å²) >= 11 is 0. The van der Waals surface area contributed by atoms with Crippen LogP contribution in [0.5, 0.6) is 5.75 Å². The normalized spacial score (nSPS) is 11.4. The molecule has 0 bridgehead atoms. The summed E-state index contributed by atoms with van der Waals surface area (Å²) < 4.78 is 66.4. The van der Waals surface area contributed by atoms with Gasteiger partial charge in [-0.15, -0.1) is 0 Å². The van der Waals surface area contributed by atoms with E-state index in [0.717, 1.165) is 6.92 Å². The highest BCUT2D eigenvalue weighted by molar-refractivity contribution is 5.69. The van der Waals surface area contributed by atoms with Crippen molar-refractivity contribution in [2.75, 3.05) is 0 Å². The van der Waals surface area contributed by atoms with Crippen LogP contribution in [0.1, 0.15) is 12.5 Å². The van der Waals surface area contributed by atoms with Gasteiger partial charge in [0, 0.05) is 19.1 Å². The Morgan fingerprint density at radius 1 is 1.19 bits per heavy atom. The van der Waals surface area contributed by atoms with E-state index in [1.165, 1.54) is 0 Å². The van der Waals surface area contributed by atoms with E-state index in [4.69, 9.17) is 0 Å². The SMILES string of the molecule is CC(=O)Oc1cc(F)c(C(F)(F)F)c(F)c1. The summed E-state index contributed by atoms with van der Waals surface area (Å²) in [6.07, 6.45) is -5.14. The molecule has 0 atom stereocenters. The Kier molecular flexibility index (Phi) is 3.16. The van der Waals surface area contributed by atoms with Gasteiger partial charge >= 0.3 is 12.1 Å². The minimum atomic E-state index is -5.14. The first-order valence-electron chi connectivity index (χ1n) is 3.96. The lowest BCUT2D eigenvalue weighted by molar-refractivity contribution is -0.142. The van der Waals surface area contributed by atoms with Crippen LogP contribution in [-0.4, -0.2) is 5.97 Å². The van der Waals surface area contributed by atoms with Gasteiger partial charge in [-0.25, -0.2) is 8.78 Å². The Morgan fingerprint density at radius 3 is 1.94 bits per heavy atom. The predicted molar refractivity (Wildman–Crippen MR) is 42.7 cm³/mol. The van der Waals surface area contributed by atoms with Crippen molar-refractivity contribution in [3.05, 3.63) is 29.3 Å². The molecule has 1 aromatic carbocycles. The van der Waals surface area contributed by atoms with E-state index in [1.54, 1.807) is 0 Å². The Balaban J connectivity index is 3.23. The molecule has 88 valence electrons. The van der Waals surface area contributed by atoms with Crippen LogP contribution in [-0.2, 0) is 11.0 Å². The molecule has 0 unspecified atom stereocenters. The third kappa shape index (κ3) is 2.68. The lowest BCUT2D eigenvalue weighted by Gasteiger charge is -2.10. The maximum absolute atomic E-state index is 12.9. The topological polar surface area (TPSA) is 26.3 Å². The van der Waals surface area contributed by atoms with Crippen LogP contribution in [0.2, 0.25) is 0 Å². The van der Waals surface area contributed by atoms with Crippen LogP contribution in [0.15, 0.2) is 12.1 Å². The largest absolute Gasteiger partial charge is 0.427 e. The second-order valence-electron chi connectivity index (χ2n) is 2.85. The maximum Gasteiger partial charge on any atom is 0.422 e. The summed E-state index contributed by atoms with van der Waals surface area (Å²) in [5.74, 6) is -5.17. The fourth-order valence-corrected chi connectivity index (χ4v) is 1.05. The van der Waals surface area contributed by atoms with Crippen LogP contribution in [0.3, 0.4) is 0 Å². The average molecular weight is 240 g/mol. The molecule has 1 aromatic rings. The van der Waals surface area contributed by atoms with E-state index in [1.807, 2.05) is 0 Å². The summed E-state index contributed by atoms with van der Waals surface area (Å²) in [5, 5.41) is 0. The minimum Gasteiger partial charge on any atom is -0.427 e. The highest BCUT2D eigenvalue weighted by Crippen LogP contribution is 2.35. The smallest absolute Gasteiger partial charge is 0.422 e. The molecule has 0 N–H and O–H groups in total. The number of alkyl halides is 3. The van der Waals surface area contributed by atoms with Gasteiger partial charge in [-0.1, -0.05) is 0 Å². The number of benzene rings is 1. The van der Waals surface area contributed by atoms with Gasteiger partial charge in [-0.3, -0.25) is 4.79 Å². The molecule has 0 fully saturated rings. The van der Waals surface area contributed by atoms with E-state index in [9.17, 15) is 26.7 Å². The number of halogens is 5. The average Bonchev–Trinajstić information content (AvgIpc) is 1.96. The van der Waals surface area contributed by atoms with E-state index < -0.39 is 35.1 Å². The van der Waals surface area contributed by atoms with Crippen molar-refractivity contribution in [1.82, 2.24) is 0 Å². The predicted octanol–water partition coefficient (Wildman–Crippen LogP) is 2.91. The quantitative estimate of drug-likeness (QED) is 0.428. The molecule has 0 aliphatic heterocycles. The molecular formula is C9H5F5O2. The van der Waals surface area contributed by atoms with E-state index in [0.29, 0.717) is 12.1 Å². The zero-order chi connectivity index (χ0) is 12.5. The highest BCUT2D eigenvalue weighted by atomic mass is 19.4. The molecule has 0 saturated heterocycles. The van der Waals surface area contributed by atoms with Gasteiger partial charge in [0.05, 0.1) is 0 Å². The van der Waals surface area contributed by atoms with Gasteiger partial charge in [0.15, 0.2) is 0 Å². The maximum atomic E-state index is 12.9. The molecule has 0 radical (unpaired) electrons. The van der Waals surface area contributed by atoms with Gasteiger partial charge in [-0.05, 0) is 0 Å². The Morgan fingerprint density at radius 2 is 1.62 bits per heavy atom. The standard InChI is InChI=1S/C9H5F5O2/c1-4(15)16-5-2-6(10)8(7(11)3-5)9(12,13)14/h2-3H,1H3. The van der Waals surface area contributed by atoms with Gasteiger partial charge < -0.3 is 4.74 Å². The first-order chi connectivity index (χ1) is 7.21. The molecular weight excluding hydrogens is 235 g/mol. The zero-order valence-corrected chi connectivity index (χ0v) is 7.86. The fraction of sp³-hybridized carbons (Fsp3) is 0.222. The zero-order valence-electron chi connectivity index (χ0n) is 7.86. The van der Waals surface area contributed by atoms with Crippen LogP contribution in [0.4, 0.5) is 22.0 Å². The molecule has 0 aromatic heterocycles. The Labute approximate surface area is 86.6 Å². The van der Waals surface area contributed by atoms with E-state index in [-0.39, 0.29) is 0 Å². The lowest BCUT2D eigenvalue weighted by atomic mass is 10.2. The van der Waals surface area contributed by atoms with Gasteiger partial charge in [0.25, 0.3) is 0 Å². The second kappa shape index (κ2) is 4.07. The highest BCUT2D eigenvalue weighted by Gasteiger charge is 2.38. The van der Waals surface area contributed by atoms with Crippen molar-refractivity contribution < 1.29 is 31.5 Å². The van der Waals surface area contributed by atoms with Crippen molar-refractivity contribution in [2.24, 2.45) is 0 Å². The molecule has 2 nitrogen and oxygen atoms in total. The number of rotatable bonds is 1. The Bertz CT molecular complexity index is 401. The van der Waals surface area contributed by atoms with Crippen LogP contribution >= 0.6 is 0 Å². The van der Waals surface area contributed by atoms with Crippen molar-refractivity contribution in [2.45, 2.75) is 13.1 Å². The summed E-state index contributed by atoms with van der Waals surface area (Å²) in [4.78, 5) is 10.4. The minimum absolute atomic E-state index is 0.299. The molecule has 16 heavy (non-hydrogen) atoms. The third-order valence-corrected chi connectivity index (χ3v) is 1.56. The molecule has 0 amide bonds. The molecule has 0 heterocycles. The van der Waals surface area contributed by atoms with Crippen molar-refractivity contribution >= 4 is 5.97 Å². The molecule has 0 aliphatic carbocycles. The van der Waals surface area contributed by atoms with Crippen molar-refractivity contribution in [3.63, 3.8) is 0 Å². The van der Waals surface area contributed by atoms with Gasteiger partial charge in [0.2, 0.25) is 0 Å². The number of esters is 1. The van der Waals surface area contributed by atoms with E-state index in [2.05, 4.69) is 4.74 Å². The summed E-state index contributed by atoms with van der Waals surface area (Å²) in [5.41, 5.74) is -2.01. The molecule has 1 rings (SSSR count). The first kappa shape index (κ1) is 12.4. The monoisotopic (exact) mass is 240 g/mol. The van der Waals surface area contributed by atoms with Crippen LogP contribution < -0.4 is 4.74 Å². The van der Waals surface area contributed by atoms with Crippen molar-refractivity contribution in [3.8, 4) is 5.75 Å². The van der Waals surface area contributed by atoms with E-state index >= 15 is 0 Å². The molecule has 0 saturated carbocycles. The number of hydrogen-bond acceptors (Lipinski definition) is 2. The second-order valence-corrected chi connectivity index (χ2v) is 2.85. The number of carbonyl (C=O) groups is 1. The number of hydrogen-bond donors (Lipinski definition) is 0. The lowest BCUT2D eigenvalue weighted by Crippen LogP contribution is -2.12. The van der Waals surface area contributed by atoms with Crippen molar-refractivity contribution in [1.29, 1.82) is 0 Å². The molecule has 0 spiro atoms. The third-order valence-electron chi connectivity index (χ3n) is 1.56. The summed E-state index contributed by atoms with van der Waals surface area (Å²) in [6, 6.07) is 0.598. The Hall–Kier alpha value is -1.66. The summed E-state index contributed by atoms with van der Waals surface area (Å²) in [7, 11) is 0. The molecule has 0 aliphatic rings. The number of carbonyl (C=O) groups excluding carboxylic acids is 1. The van der Waals surface area contributed by atoms with Gasteiger partial charge in [-0.2, -0.15) is 13.2 Å². The summed E-state index contributed by atoms with van der Waals surface area (Å²) in [6.45, 7) is 0.952. The number of ether oxygens (including phenoxy) is 1. The fourth-order valence-electron chi connectivity index (χ4n) is 1.05.